The van der Waals surface area contributed by atoms with Crippen LogP contribution in [0.2, 0.25) is 0 Å². The van der Waals surface area contributed by atoms with Crippen LogP contribution in [0.1, 0.15) is 61.0 Å². The van der Waals surface area contributed by atoms with Crippen LogP contribution < -0.4 is 9.46 Å². The Hall–Kier alpha value is -4.41. The van der Waals surface area contributed by atoms with Crippen LogP contribution >= 0.6 is 0 Å². The second-order valence-corrected chi connectivity index (χ2v) is 11.6. The molecule has 10 heteroatoms. The average molecular weight is 541 g/mol. The Kier molecular flexibility index (Phi) is 6.98. The molecule has 0 atom stereocenters. The monoisotopic (exact) mass is 540 g/mol. The zero-order valence-corrected chi connectivity index (χ0v) is 22.8. The third-order valence-electron chi connectivity index (χ3n) is 7.08. The van der Waals surface area contributed by atoms with Crippen LogP contribution in [0.3, 0.4) is 0 Å². The summed E-state index contributed by atoms with van der Waals surface area (Å²) in [5.41, 5.74) is 5.39. The zero-order valence-electron chi connectivity index (χ0n) is 22.0. The normalized spacial score (nSPS) is 13.5. The molecule has 0 radical (unpaired) electrons. The van der Waals surface area contributed by atoms with E-state index < -0.39 is 10.0 Å². The average Bonchev–Trinajstić information content (AvgIpc) is 3.18. The first kappa shape index (κ1) is 26.2. The number of ether oxygens (including phenoxy) is 1. The van der Waals surface area contributed by atoms with Gasteiger partial charge in [0.15, 0.2) is 0 Å². The molecule has 0 saturated heterocycles. The molecule has 198 valence electrons. The first-order valence-corrected chi connectivity index (χ1v) is 14.5. The lowest BCUT2D eigenvalue weighted by atomic mass is 9.91. The number of nitriles is 2. The van der Waals surface area contributed by atoms with E-state index in [1.54, 1.807) is 6.07 Å². The van der Waals surface area contributed by atoms with Crippen molar-refractivity contribution in [2.24, 2.45) is 0 Å². The highest BCUT2D eigenvalue weighted by atomic mass is 32.2. The lowest BCUT2D eigenvalue weighted by molar-refractivity contribution is 0.324. The molecule has 1 aliphatic rings. The van der Waals surface area contributed by atoms with Crippen molar-refractivity contribution in [3.8, 4) is 35.0 Å². The van der Waals surface area contributed by atoms with Gasteiger partial charge in [0.2, 0.25) is 15.7 Å². The van der Waals surface area contributed by atoms with E-state index in [1.807, 2.05) is 51.1 Å². The van der Waals surface area contributed by atoms with Crippen LogP contribution in [-0.2, 0) is 10.0 Å². The number of aromatic nitrogens is 3. The minimum atomic E-state index is -3.44. The molecule has 1 fully saturated rings. The third-order valence-corrected chi connectivity index (χ3v) is 8.55. The number of nitrogens with one attached hydrogen (secondary N) is 1. The van der Waals surface area contributed by atoms with Crippen molar-refractivity contribution >= 4 is 26.6 Å². The summed E-state index contributed by atoms with van der Waals surface area (Å²) in [5, 5.41) is 20.5. The molecule has 2 aromatic heterocycles. The summed E-state index contributed by atoms with van der Waals surface area (Å²) in [7, 11) is -3.44. The fourth-order valence-corrected chi connectivity index (χ4v) is 6.21. The van der Waals surface area contributed by atoms with Gasteiger partial charge in [-0.15, -0.1) is 0 Å². The molecule has 1 N–H and O–H groups in total. The number of benzene rings is 2. The maximum atomic E-state index is 12.4. The molecule has 2 aromatic carbocycles. The number of hydrogen-bond acceptors (Lipinski definition) is 7. The Bertz CT molecular complexity index is 1780. The quantitative estimate of drug-likeness (QED) is 0.284. The van der Waals surface area contributed by atoms with Crippen LogP contribution in [-0.4, -0.2) is 28.7 Å². The predicted molar refractivity (Wildman–Crippen MR) is 149 cm³/mol. The van der Waals surface area contributed by atoms with E-state index in [2.05, 4.69) is 25.3 Å². The second-order valence-electron chi connectivity index (χ2n) is 9.80. The van der Waals surface area contributed by atoms with Crippen molar-refractivity contribution in [2.45, 2.75) is 52.5 Å². The number of nitrogens with zero attached hydrogens (tertiary/aromatic N) is 5. The summed E-state index contributed by atoms with van der Waals surface area (Å²) in [6.07, 6.45) is 6.51. The number of aryl methyl sites for hydroxylation is 2. The number of anilines is 1. The number of rotatable bonds is 8. The van der Waals surface area contributed by atoms with Crippen molar-refractivity contribution in [1.82, 2.24) is 14.5 Å². The maximum Gasteiger partial charge on any atom is 0.256 e. The molecule has 39 heavy (non-hydrogen) atoms. The highest BCUT2D eigenvalue weighted by Gasteiger charge is 2.29. The molecule has 1 aliphatic carbocycles. The fraction of sp³-hybridized carbons (Fsp3) is 0.310. The molecular weight excluding hydrogens is 512 g/mol. The highest BCUT2D eigenvalue weighted by Crippen LogP contribution is 2.45. The molecule has 0 unspecified atom stereocenters. The van der Waals surface area contributed by atoms with Gasteiger partial charge in [0.25, 0.3) is 5.88 Å². The summed E-state index contributed by atoms with van der Waals surface area (Å²) < 4.78 is 35.7. The van der Waals surface area contributed by atoms with Gasteiger partial charge in [-0.1, -0.05) is 6.92 Å². The van der Waals surface area contributed by atoms with Crippen molar-refractivity contribution in [3.05, 3.63) is 65.1 Å². The minimum Gasteiger partial charge on any atom is -0.436 e. The molecule has 0 bridgehead atoms. The van der Waals surface area contributed by atoms with E-state index in [9.17, 15) is 18.9 Å². The van der Waals surface area contributed by atoms with E-state index in [1.165, 1.54) is 12.4 Å². The van der Waals surface area contributed by atoms with E-state index in [4.69, 9.17) is 4.74 Å². The standard InChI is InChI=1S/C29H28N6O3S/c1-4-12-39(36,37)34-25-14-18(2)23(13-19(25)3)28-24(16-30)22-9-8-21(15-27(22)35(28)20-6-5-7-20)38-29-26(17-31)32-10-11-33-29/h8-11,13-15,20,34H,4-7,12H2,1-3H3. The number of hydrogen-bond donors (Lipinski definition) is 1. The molecule has 4 aromatic rings. The Morgan fingerprint density at radius 1 is 1.08 bits per heavy atom. The van der Waals surface area contributed by atoms with Gasteiger partial charge >= 0.3 is 0 Å². The first-order valence-electron chi connectivity index (χ1n) is 12.9. The summed E-state index contributed by atoms with van der Waals surface area (Å²) in [5.74, 6) is 0.660. The molecular formula is C29H28N6O3S. The second kappa shape index (κ2) is 10.4. The first-order chi connectivity index (χ1) is 18.8. The van der Waals surface area contributed by atoms with E-state index >= 15 is 0 Å². The molecule has 5 rings (SSSR count). The van der Waals surface area contributed by atoms with Gasteiger partial charge in [0.05, 0.1) is 28.2 Å². The smallest absolute Gasteiger partial charge is 0.256 e. The lowest BCUT2D eigenvalue weighted by Gasteiger charge is -2.30. The SMILES string of the molecule is CCCS(=O)(=O)Nc1cc(C)c(-c2c(C#N)c3ccc(Oc4nccnc4C#N)cc3n2C2CCC2)cc1C. The molecule has 0 aliphatic heterocycles. The minimum absolute atomic E-state index is 0.0522. The van der Waals surface area contributed by atoms with Crippen LogP contribution in [0.5, 0.6) is 11.6 Å². The molecule has 0 amide bonds. The topological polar surface area (TPSA) is 134 Å². The van der Waals surface area contributed by atoms with Gasteiger partial charge < -0.3 is 9.30 Å². The lowest BCUT2D eigenvalue weighted by Crippen LogP contribution is -2.18. The molecule has 9 nitrogen and oxygen atoms in total. The largest absolute Gasteiger partial charge is 0.436 e. The number of fused-ring (bicyclic) bond motifs is 1. The van der Waals surface area contributed by atoms with Gasteiger partial charge in [-0.05, 0) is 74.9 Å². The zero-order chi connectivity index (χ0) is 27.7. The van der Waals surface area contributed by atoms with E-state index in [0.717, 1.165) is 52.5 Å². The number of sulfonamides is 1. The van der Waals surface area contributed by atoms with Crippen molar-refractivity contribution in [1.29, 1.82) is 10.5 Å². The Balaban J connectivity index is 1.66. The van der Waals surface area contributed by atoms with Crippen LogP contribution in [0, 0.1) is 36.5 Å². The van der Waals surface area contributed by atoms with Crippen molar-refractivity contribution < 1.29 is 13.2 Å². The summed E-state index contributed by atoms with van der Waals surface area (Å²) in [6, 6.07) is 13.9. The Morgan fingerprint density at radius 2 is 1.85 bits per heavy atom. The fourth-order valence-electron chi connectivity index (χ4n) is 5.01. The van der Waals surface area contributed by atoms with Crippen LogP contribution in [0.25, 0.3) is 22.2 Å². The van der Waals surface area contributed by atoms with Gasteiger partial charge in [0.1, 0.15) is 17.9 Å². The maximum absolute atomic E-state index is 12.4. The van der Waals surface area contributed by atoms with Gasteiger partial charge in [0, 0.05) is 35.5 Å². The molecule has 0 spiro atoms. The highest BCUT2D eigenvalue weighted by molar-refractivity contribution is 7.92. The molecule has 2 heterocycles. The van der Waals surface area contributed by atoms with Gasteiger partial charge in [-0.2, -0.15) is 10.5 Å². The van der Waals surface area contributed by atoms with Crippen LogP contribution in [0.15, 0.2) is 42.7 Å². The Labute approximate surface area is 227 Å². The van der Waals surface area contributed by atoms with E-state index in [-0.39, 0.29) is 23.4 Å². The Morgan fingerprint density at radius 3 is 2.51 bits per heavy atom. The predicted octanol–water partition coefficient (Wildman–Crippen LogP) is 6.13. The van der Waals surface area contributed by atoms with Gasteiger partial charge in [-0.25, -0.2) is 18.4 Å². The van der Waals surface area contributed by atoms with Crippen molar-refractivity contribution in [2.75, 3.05) is 10.5 Å². The summed E-state index contributed by atoms with van der Waals surface area (Å²) in [6.45, 7) is 5.63. The summed E-state index contributed by atoms with van der Waals surface area (Å²) >= 11 is 0. The van der Waals surface area contributed by atoms with Crippen molar-refractivity contribution in [3.63, 3.8) is 0 Å². The van der Waals surface area contributed by atoms with Gasteiger partial charge in [-0.3, -0.25) is 4.72 Å². The van der Waals surface area contributed by atoms with Crippen LogP contribution in [0.4, 0.5) is 5.69 Å². The molecule has 1 saturated carbocycles. The third kappa shape index (κ3) is 4.91. The summed E-state index contributed by atoms with van der Waals surface area (Å²) in [4.78, 5) is 8.16. The van der Waals surface area contributed by atoms with E-state index in [0.29, 0.717) is 23.4 Å².